The number of benzene rings is 4. The van der Waals surface area contributed by atoms with Crippen LogP contribution in [0.5, 0.6) is 0 Å². The van der Waals surface area contributed by atoms with Crippen molar-refractivity contribution in [2.45, 2.75) is 23.6 Å². The lowest BCUT2D eigenvalue weighted by Crippen LogP contribution is -2.42. The van der Waals surface area contributed by atoms with Crippen molar-refractivity contribution in [3.8, 4) is 0 Å². The van der Waals surface area contributed by atoms with Crippen molar-refractivity contribution in [1.82, 2.24) is 4.31 Å². The van der Waals surface area contributed by atoms with E-state index in [2.05, 4.69) is 107 Å². The van der Waals surface area contributed by atoms with Gasteiger partial charge in [-0.05, 0) is 45.8 Å². The van der Waals surface area contributed by atoms with E-state index in [4.69, 9.17) is 0 Å². The summed E-state index contributed by atoms with van der Waals surface area (Å²) in [6, 6.07) is 38.6. The van der Waals surface area contributed by atoms with Crippen LogP contribution < -0.4 is 0 Å². The molecule has 5 rings (SSSR count). The lowest BCUT2D eigenvalue weighted by molar-refractivity contribution is 0.281. The Morgan fingerprint density at radius 3 is 1.67 bits per heavy atom. The van der Waals surface area contributed by atoms with Gasteiger partial charge in [-0.1, -0.05) is 103 Å². The van der Waals surface area contributed by atoms with Gasteiger partial charge in [-0.3, -0.25) is 0 Å². The van der Waals surface area contributed by atoms with E-state index < -0.39 is 5.54 Å². The largest absolute Gasteiger partial charge is 0.392 e. The van der Waals surface area contributed by atoms with Gasteiger partial charge in [0.05, 0.1) is 6.61 Å². The van der Waals surface area contributed by atoms with Crippen LogP contribution in [0.4, 0.5) is 0 Å². The zero-order valence-electron chi connectivity index (χ0n) is 16.6. The second-order valence-electron chi connectivity index (χ2n) is 7.54. The highest BCUT2D eigenvalue weighted by Gasteiger charge is 2.45. The minimum atomic E-state index is -0.438. The molecule has 0 radical (unpaired) electrons. The summed E-state index contributed by atoms with van der Waals surface area (Å²) in [6.45, 7) is 0.888. The van der Waals surface area contributed by atoms with Crippen LogP contribution in [0.15, 0.2) is 114 Å². The van der Waals surface area contributed by atoms with Gasteiger partial charge in [0, 0.05) is 11.4 Å². The molecule has 1 aliphatic rings. The van der Waals surface area contributed by atoms with Gasteiger partial charge >= 0.3 is 0 Å². The smallest absolute Gasteiger partial charge is 0.107 e. The summed E-state index contributed by atoms with van der Waals surface area (Å²) < 4.78 is 2.48. The molecule has 4 aromatic carbocycles. The molecule has 0 aromatic heterocycles. The maximum absolute atomic E-state index is 9.61. The first-order chi connectivity index (χ1) is 14.8. The standard InChI is InChI=1S/C27H23NOS/c29-20-21-16-17-22-19-28(30-26(22)18-21)27(23-10-4-1-5-11-23,24-12-6-2-7-13-24)25-14-8-3-9-15-25/h1-18,29H,19-20H2. The molecule has 0 bridgehead atoms. The molecule has 0 saturated heterocycles. The Balaban J connectivity index is 1.75. The van der Waals surface area contributed by atoms with E-state index in [-0.39, 0.29) is 6.61 Å². The molecule has 1 N–H and O–H groups in total. The normalized spacial score (nSPS) is 13.9. The quantitative estimate of drug-likeness (QED) is 0.323. The summed E-state index contributed by atoms with van der Waals surface area (Å²) in [6.07, 6.45) is 0. The fourth-order valence-corrected chi connectivity index (χ4v) is 5.72. The molecule has 1 aliphatic heterocycles. The predicted molar refractivity (Wildman–Crippen MR) is 123 cm³/mol. The van der Waals surface area contributed by atoms with Crippen LogP contribution in [-0.2, 0) is 18.7 Å². The van der Waals surface area contributed by atoms with E-state index in [1.165, 1.54) is 27.1 Å². The molecule has 2 nitrogen and oxygen atoms in total. The summed E-state index contributed by atoms with van der Waals surface area (Å²) in [5.41, 5.74) is 5.53. The average molecular weight is 410 g/mol. The van der Waals surface area contributed by atoms with Crippen molar-refractivity contribution in [3.63, 3.8) is 0 Å². The molecule has 0 amide bonds. The van der Waals surface area contributed by atoms with Crippen molar-refractivity contribution < 1.29 is 5.11 Å². The van der Waals surface area contributed by atoms with Gasteiger partial charge in [0.25, 0.3) is 0 Å². The lowest BCUT2D eigenvalue weighted by Gasteiger charge is -2.42. The summed E-state index contributed by atoms with van der Waals surface area (Å²) >= 11 is 1.78. The van der Waals surface area contributed by atoms with E-state index in [0.717, 1.165) is 12.1 Å². The average Bonchev–Trinajstić information content (AvgIpc) is 3.25. The summed E-state index contributed by atoms with van der Waals surface area (Å²) in [5, 5.41) is 9.61. The first kappa shape index (κ1) is 19.1. The Bertz CT molecular complexity index is 1030. The number of hydrogen-bond acceptors (Lipinski definition) is 3. The van der Waals surface area contributed by atoms with Crippen LogP contribution in [0.1, 0.15) is 27.8 Å². The van der Waals surface area contributed by atoms with Gasteiger partial charge in [-0.15, -0.1) is 0 Å². The highest BCUT2D eigenvalue weighted by molar-refractivity contribution is 7.97. The van der Waals surface area contributed by atoms with Gasteiger partial charge in [-0.2, -0.15) is 0 Å². The van der Waals surface area contributed by atoms with Crippen LogP contribution >= 0.6 is 11.9 Å². The van der Waals surface area contributed by atoms with E-state index >= 15 is 0 Å². The van der Waals surface area contributed by atoms with Gasteiger partial charge < -0.3 is 5.11 Å². The summed E-state index contributed by atoms with van der Waals surface area (Å²) in [7, 11) is 0. The van der Waals surface area contributed by atoms with Crippen LogP contribution in [0.3, 0.4) is 0 Å². The first-order valence-electron chi connectivity index (χ1n) is 10.2. The Labute approximate surface area is 182 Å². The maximum Gasteiger partial charge on any atom is 0.107 e. The topological polar surface area (TPSA) is 23.5 Å². The zero-order valence-corrected chi connectivity index (χ0v) is 17.4. The number of hydrogen-bond donors (Lipinski definition) is 1. The fraction of sp³-hybridized carbons (Fsp3) is 0.111. The van der Waals surface area contributed by atoms with Crippen molar-refractivity contribution in [2.24, 2.45) is 0 Å². The predicted octanol–water partition coefficient (Wildman–Crippen LogP) is 5.99. The van der Waals surface area contributed by atoms with Crippen molar-refractivity contribution in [3.05, 3.63) is 137 Å². The highest BCUT2D eigenvalue weighted by Crippen LogP contribution is 2.51. The molecule has 0 unspecified atom stereocenters. The van der Waals surface area contributed by atoms with Crippen molar-refractivity contribution in [2.75, 3.05) is 0 Å². The molecule has 148 valence electrons. The van der Waals surface area contributed by atoms with Gasteiger partial charge in [0.2, 0.25) is 0 Å². The minimum Gasteiger partial charge on any atom is -0.392 e. The highest BCUT2D eigenvalue weighted by atomic mass is 32.2. The van der Waals surface area contributed by atoms with Crippen LogP contribution in [0.2, 0.25) is 0 Å². The van der Waals surface area contributed by atoms with Crippen LogP contribution in [-0.4, -0.2) is 9.41 Å². The summed E-state index contributed by atoms with van der Waals surface area (Å²) in [4.78, 5) is 1.22. The van der Waals surface area contributed by atoms with Crippen LogP contribution in [0, 0.1) is 0 Å². The Morgan fingerprint density at radius 2 is 1.20 bits per heavy atom. The molecule has 3 heteroatoms. The Morgan fingerprint density at radius 1 is 0.700 bits per heavy atom. The molecule has 1 heterocycles. The molecule has 0 saturated carbocycles. The fourth-order valence-electron chi connectivity index (χ4n) is 4.38. The van der Waals surface area contributed by atoms with Crippen molar-refractivity contribution in [1.29, 1.82) is 0 Å². The van der Waals surface area contributed by atoms with E-state index in [0.29, 0.717) is 0 Å². The molecular formula is C27H23NOS. The van der Waals surface area contributed by atoms with E-state index in [9.17, 15) is 5.11 Å². The van der Waals surface area contributed by atoms with E-state index in [1.54, 1.807) is 11.9 Å². The Kier molecular flexibility index (Phi) is 5.17. The number of rotatable bonds is 5. The lowest BCUT2D eigenvalue weighted by atomic mass is 9.77. The molecule has 0 atom stereocenters. The maximum atomic E-state index is 9.61. The van der Waals surface area contributed by atoms with Gasteiger partial charge in [0.15, 0.2) is 0 Å². The third-order valence-corrected chi connectivity index (χ3v) is 6.99. The molecule has 0 spiro atoms. The van der Waals surface area contributed by atoms with Gasteiger partial charge in [-0.25, -0.2) is 4.31 Å². The van der Waals surface area contributed by atoms with Gasteiger partial charge in [0.1, 0.15) is 5.54 Å². The molecule has 4 aromatic rings. The van der Waals surface area contributed by atoms with E-state index in [1.807, 2.05) is 6.07 Å². The van der Waals surface area contributed by atoms with Crippen LogP contribution in [0.25, 0.3) is 0 Å². The number of aliphatic hydroxyl groups is 1. The minimum absolute atomic E-state index is 0.0645. The number of nitrogens with zero attached hydrogens (tertiary/aromatic N) is 1. The number of aliphatic hydroxyl groups excluding tert-OH is 1. The summed E-state index contributed by atoms with van der Waals surface area (Å²) in [5.74, 6) is 0. The zero-order chi connectivity index (χ0) is 20.4. The molecule has 30 heavy (non-hydrogen) atoms. The second-order valence-corrected chi connectivity index (χ2v) is 8.60. The van der Waals surface area contributed by atoms with Crippen molar-refractivity contribution >= 4 is 11.9 Å². The SMILES string of the molecule is OCc1ccc2c(c1)SN(C(c1ccccc1)(c1ccccc1)c1ccccc1)C2. The molecule has 0 aliphatic carbocycles. The molecular weight excluding hydrogens is 386 g/mol. The first-order valence-corrected chi connectivity index (χ1v) is 10.9. The third kappa shape index (κ3) is 3.16. The number of fused-ring (bicyclic) bond motifs is 1. The third-order valence-electron chi connectivity index (χ3n) is 5.79. The monoisotopic (exact) mass is 409 g/mol. The second kappa shape index (κ2) is 8.11. The Hall–Kier alpha value is -2.85. The molecule has 0 fully saturated rings.